The monoisotopic (exact) mass is 384 g/mol. The molecule has 2 aromatic carbocycles. The van der Waals surface area contributed by atoms with E-state index >= 15 is 0 Å². The number of nitrogens with zero attached hydrogens (tertiary/aromatic N) is 3. The van der Waals surface area contributed by atoms with Crippen molar-refractivity contribution in [2.75, 3.05) is 5.32 Å². The summed E-state index contributed by atoms with van der Waals surface area (Å²) in [6.45, 7) is 0. The molecule has 0 radical (unpaired) electrons. The van der Waals surface area contributed by atoms with Crippen LogP contribution in [-0.2, 0) is 10.1 Å². The molecule has 1 aromatic heterocycles. The number of aromatic nitrogens is 3. The Labute approximate surface area is 171 Å². The van der Waals surface area contributed by atoms with E-state index in [4.69, 9.17) is 9.29 Å². The second-order valence-electron chi connectivity index (χ2n) is 4.78. The summed E-state index contributed by atoms with van der Waals surface area (Å²) in [5.74, 6) is 0.481. The number of hydrogen-bond acceptors (Lipinski definition) is 8. The molecule has 9 nitrogen and oxygen atoms in total. The Morgan fingerprint density at radius 2 is 1.58 bits per heavy atom. The molecule has 0 atom stereocenters. The summed E-state index contributed by atoms with van der Waals surface area (Å²) < 4.78 is 36.4. The second-order valence-corrected chi connectivity index (χ2v) is 6.20. The zero-order valence-electron chi connectivity index (χ0n) is 12.6. The molecule has 26 heavy (non-hydrogen) atoms. The molecule has 0 fully saturated rings. The molecule has 0 amide bonds. The Balaban J connectivity index is 0.00000243. The van der Waals surface area contributed by atoms with Gasteiger partial charge in [-0.15, -0.1) is 4.98 Å². The molecule has 0 saturated heterocycles. The molecule has 0 spiro atoms. The molecule has 11 heteroatoms. The van der Waals surface area contributed by atoms with E-state index in [2.05, 4.69) is 20.3 Å². The molecule has 3 aromatic rings. The van der Waals surface area contributed by atoms with Crippen molar-refractivity contribution in [2.24, 2.45) is 0 Å². The summed E-state index contributed by atoms with van der Waals surface area (Å²) in [5, 5.41) is 12.4. The maximum atomic E-state index is 11.0. The van der Waals surface area contributed by atoms with Crippen LogP contribution in [0.5, 0.6) is 17.8 Å². The van der Waals surface area contributed by atoms with E-state index in [1.165, 1.54) is 24.3 Å². The van der Waals surface area contributed by atoms with Crippen molar-refractivity contribution in [2.45, 2.75) is 4.90 Å². The third kappa shape index (κ3) is 5.38. The normalized spacial score (nSPS) is 10.7. The van der Waals surface area contributed by atoms with Gasteiger partial charge in [0.2, 0.25) is 5.95 Å². The first-order chi connectivity index (χ1) is 11.9. The molecule has 0 saturated carbocycles. The predicted molar refractivity (Wildman–Crippen MR) is 94.7 cm³/mol. The van der Waals surface area contributed by atoms with Crippen LogP contribution in [0.25, 0.3) is 0 Å². The number of anilines is 2. The van der Waals surface area contributed by atoms with Crippen molar-refractivity contribution in [1.29, 1.82) is 0 Å². The van der Waals surface area contributed by atoms with Crippen molar-refractivity contribution in [3.05, 3.63) is 54.6 Å². The average molecular weight is 384 g/mol. The Morgan fingerprint density at radius 1 is 0.923 bits per heavy atom. The van der Waals surface area contributed by atoms with Crippen LogP contribution in [0.4, 0.5) is 11.6 Å². The number of rotatable bonds is 5. The SMILES string of the molecule is O=S(=O)(O)c1ccc(Nc2nc(O)nc(Oc3ccccc3)n2)cc1.[NaH]. The van der Waals surface area contributed by atoms with E-state index in [9.17, 15) is 13.5 Å². The van der Waals surface area contributed by atoms with E-state index in [0.29, 0.717) is 11.4 Å². The van der Waals surface area contributed by atoms with Crippen molar-refractivity contribution in [1.82, 2.24) is 15.0 Å². The molecule has 0 bridgehead atoms. The van der Waals surface area contributed by atoms with Gasteiger partial charge < -0.3 is 15.2 Å². The van der Waals surface area contributed by atoms with Crippen LogP contribution in [0.1, 0.15) is 0 Å². The summed E-state index contributed by atoms with van der Waals surface area (Å²) in [7, 11) is -4.27. The van der Waals surface area contributed by atoms with Crippen LogP contribution in [0.3, 0.4) is 0 Å². The molecule has 3 N–H and O–H groups in total. The van der Waals surface area contributed by atoms with Gasteiger partial charge in [0.1, 0.15) is 5.75 Å². The van der Waals surface area contributed by atoms with Crippen molar-refractivity contribution in [3.8, 4) is 17.8 Å². The van der Waals surface area contributed by atoms with Crippen molar-refractivity contribution in [3.63, 3.8) is 0 Å². The summed E-state index contributed by atoms with van der Waals surface area (Å²) in [6.07, 6.45) is 0. The van der Waals surface area contributed by atoms with Gasteiger partial charge in [-0.25, -0.2) is 0 Å². The van der Waals surface area contributed by atoms with Gasteiger partial charge in [0.25, 0.3) is 10.1 Å². The van der Waals surface area contributed by atoms with Gasteiger partial charge in [-0.2, -0.15) is 18.4 Å². The average Bonchev–Trinajstić information content (AvgIpc) is 2.55. The van der Waals surface area contributed by atoms with Crippen LogP contribution in [0, 0.1) is 0 Å². The summed E-state index contributed by atoms with van der Waals surface area (Å²) in [6, 6.07) is 13.3. The standard InChI is InChI=1S/C15H12N4O5S.Na.H/c20-14-17-13(16-10-6-8-12(9-7-10)25(21,22)23)18-15(19-14)24-11-4-2-1-3-5-11;;/h1-9H,(H,21,22,23)(H2,16,17,18,19,20);;. The topological polar surface area (TPSA) is 135 Å². The number of aromatic hydroxyl groups is 1. The Morgan fingerprint density at radius 3 is 2.19 bits per heavy atom. The molecule has 0 unspecified atom stereocenters. The fraction of sp³-hybridized carbons (Fsp3) is 0. The minimum absolute atomic E-state index is 0. The maximum absolute atomic E-state index is 11.0. The molecule has 0 aliphatic heterocycles. The number of nitrogens with one attached hydrogen (secondary N) is 1. The zero-order chi connectivity index (χ0) is 17.9. The molecule has 1 heterocycles. The van der Waals surface area contributed by atoms with Crippen molar-refractivity contribution >= 4 is 51.3 Å². The van der Waals surface area contributed by atoms with Gasteiger partial charge in [-0.1, -0.05) is 18.2 Å². The van der Waals surface area contributed by atoms with Crippen LogP contribution >= 0.6 is 0 Å². The Kier molecular flexibility index (Phi) is 6.51. The summed E-state index contributed by atoms with van der Waals surface area (Å²) in [5.41, 5.74) is 0.434. The second kappa shape index (κ2) is 8.43. The Hall–Kier alpha value is -2.24. The molecular weight excluding hydrogens is 371 g/mol. The first-order valence-electron chi connectivity index (χ1n) is 6.93. The van der Waals surface area contributed by atoms with Crippen LogP contribution in [0.2, 0.25) is 0 Å². The molecule has 0 aliphatic carbocycles. The van der Waals surface area contributed by atoms with Crippen LogP contribution in [0.15, 0.2) is 59.5 Å². The predicted octanol–water partition coefficient (Wildman–Crippen LogP) is 1.71. The quantitative estimate of drug-likeness (QED) is 0.444. The first-order valence-corrected chi connectivity index (χ1v) is 8.37. The van der Waals surface area contributed by atoms with Gasteiger partial charge in [0, 0.05) is 5.69 Å². The first kappa shape index (κ1) is 20.1. The number of ether oxygens (including phenoxy) is 1. The van der Waals surface area contributed by atoms with E-state index in [1.807, 2.05) is 6.07 Å². The van der Waals surface area contributed by atoms with E-state index < -0.39 is 16.1 Å². The van der Waals surface area contributed by atoms with Gasteiger partial charge >= 0.3 is 41.6 Å². The van der Waals surface area contributed by atoms with Gasteiger partial charge in [0.15, 0.2) is 0 Å². The fourth-order valence-electron chi connectivity index (χ4n) is 1.88. The number of hydrogen-bond donors (Lipinski definition) is 3. The van der Waals surface area contributed by atoms with Crippen LogP contribution in [-0.4, -0.2) is 62.6 Å². The third-order valence-corrected chi connectivity index (χ3v) is 3.83. The summed E-state index contributed by atoms with van der Waals surface area (Å²) in [4.78, 5) is 11.2. The van der Waals surface area contributed by atoms with Gasteiger partial charge in [-0.3, -0.25) is 4.55 Å². The molecule has 3 rings (SSSR count). The minimum atomic E-state index is -4.27. The molecule has 0 aliphatic rings. The number of benzene rings is 2. The van der Waals surface area contributed by atoms with Gasteiger partial charge in [0.05, 0.1) is 4.90 Å². The van der Waals surface area contributed by atoms with Gasteiger partial charge in [-0.05, 0) is 36.4 Å². The van der Waals surface area contributed by atoms with E-state index in [-0.39, 0.29) is 46.4 Å². The van der Waals surface area contributed by atoms with E-state index in [0.717, 1.165) is 0 Å². The molecule has 130 valence electrons. The van der Waals surface area contributed by atoms with Crippen LogP contribution < -0.4 is 10.1 Å². The zero-order valence-corrected chi connectivity index (χ0v) is 13.4. The number of para-hydroxylation sites is 1. The third-order valence-electron chi connectivity index (χ3n) is 2.96. The van der Waals surface area contributed by atoms with Crippen molar-refractivity contribution < 1.29 is 22.8 Å². The van der Waals surface area contributed by atoms with E-state index in [1.54, 1.807) is 24.3 Å². The fourth-order valence-corrected chi connectivity index (χ4v) is 2.36. The molecular formula is C15H13N4NaO5S. The Bertz CT molecular complexity index is 985. The summed E-state index contributed by atoms with van der Waals surface area (Å²) >= 11 is 0.